The van der Waals surface area contributed by atoms with Crippen molar-refractivity contribution in [3.63, 3.8) is 0 Å². The van der Waals surface area contributed by atoms with Gasteiger partial charge in [0.15, 0.2) is 5.92 Å². The Labute approximate surface area is 92.8 Å². The fourth-order valence-electron chi connectivity index (χ4n) is 1.59. The van der Waals surface area contributed by atoms with Crippen molar-refractivity contribution in [2.75, 3.05) is 6.61 Å². The Hall–Kier alpha value is -1.85. The average Bonchev–Trinajstić information content (AvgIpc) is 2.55. The Kier molecular flexibility index (Phi) is 3.65. The molecule has 0 saturated heterocycles. The van der Waals surface area contributed by atoms with Gasteiger partial charge in [0.1, 0.15) is 0 Å². The topological polar surface area (TPSA) is 98.5 Å². The number of allylic oxidation sites excluding steroid dienone is 1. The van der Waals surface area contributed by atoms with Gasteiger partial charge in [0.2, 0.25) is 11.8 Å². The molecule has 0 aromatic heterocycles. The van der Waals surface area contributed by atoms with E-state index in [1.54, 1.807) is 13.8 Å². The van der Waals surface area contributed by atoms with Crippen LogP contribution in [0.25, 0.3) is 0 Å². The van der Waals surface area contributed by atoms with Crippen LogP contribution < -0.4 is 11.1 Å². The third kappa shape index (κ3) is 2.05. The Morgan fingerprint density at radius 1 is 1.44 bits per heavy atom. The van der Waals surface area contributed by atoms with Gasteiger partial charge in [-0.25, -0.2) is 4.79 Å². The predicted molar refractivity (Wildman–Crippen MR) is 54.8 cm³/mol. The first-order valence-electron chi connectivity index (χ1n) is 5.03. The van der Waals surface area contributed by atoms with Crippen LogP contribution in [0.3, 0.4) is 0 Å². The molecule has 88 valence electrons. The van der Waals surface area contributed by atoms with Crippen molar-refractivity contribution in [3.05, 3.63) is 11.3 Å². The van der Waals surface area contributed by atoms with E-state index in [0.717, 1.165) is 0 Å². The van der Waals surface area contributed by atoms with E-state index < -0.39 is 23.7 Å². The van der Waals surface area contributed by atoms with E-state index in [9.17, 15) is 14.4 Å². The molecular weight excluding hydrogens is 212 g/mol. The van der Waals surface area contributed by atoms with Crippen LogP contribution in [-0.4, -0.2) is 24.4 Å². The third-order valence-electron chi connectivity index (χ3n) is 2.28. The van der Waals surface area contributed by atoms with Gasteiger partial charge in [0, 0.05) is 5.70 Å². The molecule has 0 aromatic carbocycles. The number of nitrogens with one attached hydrogen (secondary N) is 1. The highest BCUT2D eigenvalue weighted by Gasteiger charge is 2.41. The first kappa shape index (κ1) is 12.2. The fourth-order valence-corrected chi connectivity index (χ4v) is 1.59. The molecule has 6 nitrogen and oxygen atoms in total. The van der Waals surface area contributed by atoms with Crippen LogP contribution in [0, 0.1) is 5.92 Å². The van der Waals surface area contributed by atoms with E-state index in [4.69, 9.17) is 10.5 Å². The van der Waals surface area contributed by atoms with E-state index in [0.29, 0.717) is 12.1 Å². The van der Waals surface area contributed by atoms with Crippen molar-refractivity contribution >= 4 is 17.8 Å². The van der Waals surface area contributed by atoms with Gasteiger partial charge >= 0.3 is 5.97 Å². The number of amides is 2. The van der Waals surface area contributed by atoms with Crippen molar-refractivity contribution in [3.8, 4) is 0 Å². The predicted octanol–water partition coefficient (Wildman–Crippen LogP) is -0.555. The quantitative estimate of drug-likeness (QED) is 0.496. The van der Waals surface area contributed by atoms with Crippen molar-refractivity contribution < 1.29 is 19.1 Å². The molecule has 1 aliphatic heterocycles. The molecule has 0 saturated carbocycles. The summed E-state index contributed by atoms with van der Waals surface area (Å²) in [5.41, 5.74) is 5.54. The summed E-state index contributed by atoms with van der Waals surface area (Å²) >= 11 is 0. The molecule has 0 unspecified atom stereocenters. The van der Waals surface area contributed by atoms with Crippen molar-refractivity contribution in [2.45, 2.75) is 20.3 Å². The summed E-state index contributed by atoms with van der Waals surface area (Å²) in [4.78, 5) is 34.1. The molecule has 0 fully saturated rings. The Morgan fingerprint density at radius 2 is 2.06 bits per heavy atom. The van der Waals surface area contributed by atoms with Gasteiger partial charge in [-0.1, -0.05) is 6.92 Å². The first-order chi connectivity index (χ1) is 7.52. The highest BCUT2D eigenvalue weighted by Crippen LogP contribution is 2.24. The molecule has 0 spiro atoms. The summed E-state index contributed by atoms with van der Waals surface area (Å²) in [6.07, 6.45) is 0.434. The van der Waals surface area contributed by atoms with Crippen LogP contribution in [-0.2, 0) is 19.1 Å². The zero-order valence-corrected chi connectivity index (χ0v) is 9.20. The number of hydrogen-bond donors (Lipinski definition) is 2. The largest absolute Gasteiger partial charge is 0.463 e. The van der Waals surface area contributed by atoms with E-state index in [2.05, 4.69) is 5.32 Å². The van der Waals surface area contributed by atoms with Gasteiger partial charge < -0.3 is 15.8 Å². The van der Waals surface area contributed by atoms with Crippen molar-refractivity contribution in [1.82, 2.24) is 5.32 Å². The second-order valence-electron chi connectivity index (χ2n) is 3.29. The maximum absolute atomic E-state index is 11.6. The van der Waals surface area contributed by atoms with Crippen LogP contribution in [0.15, 0.2) is 11.3 Å². The maximum atomic E-state index is 11.6. The summed E-state index contributed by atoms with van der Waals surface area (Å²) in [7, 11) is 0. The fraction of sp³-hybridized carbons (Fsp3) is 0.500. The van der Waals surface area contributed by atoms with Gasteiger partial charge in [-0.05, 0) is 13.3 Å². The summed E-state index contributed by atoms with van der Waals surface area (Å²) in [6.45, 7) is 3.59. The highest BCUT2D eigenvalue weighted by atomic mass is 16.5. The molecule has 1 rings (SSSR count). The smallest absolute Gasteiger partial charge is 0.337 e. The minimum atomic E-state index is -1.23. The number of ether oxygens (including phenoxy) is 1. The van der Waals surface area contributed by atoms with Crippen LogP contribution in [0.1, 0.15) is 20.3 Å². The van der Waals surface area contributed by atoms with Gasteiger partial charge in [-0.3, -0.25) is 9.59 Å². The van der Waals surface area contributed by atoms with E-state index in [-0.39, 0.29) is 12.2 Å². The van der Waals surface area contributed by atoms with Crippen LogP contribution in [0.2, 0.25) is 0 Å². The van der Waals surface area contributed by atoms with Crippen LogP contribution in [0.5, 0.6) is 0 Å². The van der Waals surface area contributed by atoms with E-state index >= 15 is 0 Å². The van der Waals surface area contributed by atoms with Crippen molar-refractivity contribution in [2.24, 2.45) is 11.7 Å². The Morgan fingerprint density at radius 3 is 2.50 bits per heavy atom. The lowest BCUT2D eigenvalue weighted by Crippen LogP contribution is -2.34. The minimum Gasteiger partial charge on any atom is -0.463 e. The molecule has 0 radical (unpaired) electrons. The molecule has 1 aliphatic rings. The number of nitrogens with two attached hydrogens (primary N) is 1. The molecule has 16 heavy (non-hydrogen) atoms. The van der Waals surface area contributed by atoms with Crippen LogP contribution in [0.4, 0.5) is 0 Å². The second-order valence-corrected chi connectivity index (χ2v) is 3.29. The number of carbonyl (C=O) groups excluding carboxylic acids is 3. The molecule has 1 heterocycles. The average molecular weight is 226 g/mol. The lowest BCUT2D eigenvalue weighted by Gasteiger charge is -2.08. The van der Waals surface area contributed by atoms with Crippen molar-refractivity contribution in [1.29, 1.82) is 0 Å². The molecule has 0 bridgehead atoms. The molecular formula is C10H14N2O4. The molecule has 0 aliphatic carbocycles. The molecule has 3 N–H and O–H groups in total. The lowest BCUT2D eigenvalue weighted by molar-refractivity contribution is -0.142. The third-order valence-corrected chi connectivity index (χ3v) is 2.28. The van der Waals surface area contributed by atoms with Gasteiger partial charge in [-0.2, -0.15) is 0 Å². The number of esters is 1. The summed E-state index contributed by atoms with van der Waals surface area (Å²) < 4.78 is 4.79. The molecule has 6 heteroatoms. The first-order valence-corrected chi connectivity index (χ1v) is 5.03. The summed E-state index contributed by atoms with van der Waals surface area (Å²) in [5, 5.41) is 2.46. The SMILES string of the molecule is CCOC(=O)C1=C(CC)NC(=O)[C@@H]1C(N)=O. The minimum absolute atomic E-state index is 0.0434. The van der Waals surface area contributed by atoms with Gasteiger partial charge in [-0.15, -0.1) is 0 Å². The normalized spacial score (nSPS) is 19.6. The molecule has 1 atom stereocenters. The van der Waals surface area contributed by atoms with Crippen LogP contribution >= 0.6 is 0 Å². The van der Waals surface area contributed by atoms with E-state index in [1.807, 2.05) is 0 Å². The number of hydrogen-bond acceptors (Lipinski definition) is 4. The van der Waals surface area contributed by atoms with Gasteiger partial charge in [0.25, 0.3) is 0 Å². The number of rotatable bonds is 4. The Bertz CT molecular complexity index is 373. The zero-order valence-electron chi connectivity index (χ0n) is 9.20. The van der Waals surface area contributed by atoms with Gasteiger partial charge in [0.05, 0.1) is 12.2 Å². The Balaban J connectivity index is 3.09. The lowest BCUT2D eigenvalue weighted by atomic mass is 9.99. The second kappa shape index (κ2) is 4.78. The summed E-state index contributed by atoms with van der Waals surface area (Å²) in [6, 6.07) is 0. The summed E-state index contributed by atoms with van der Waals surface area (Å²) in [5.74, 6) is -3.30. The highest BCUT2D eigenvalue weighted by molar-refractivity contribution is 6.13. The number of carbonyl (C=O) groups is 3. The van der Waals surface area contributed by atoms with E-state index in [1.165, 1.54) is 0 Å². The molecule has 2 amide bonds. The molecule has 0 aromatic rings. The number of primary amides is 1. The monoisotopic (exact) mass is 226 g/mol. The maximum Gasteiger partial charge on any atom is 0.337 e. The standard InChI is InChI=1S/C10H14N2O4/c1-3-5-6(10(15)16-4-2)7(8(11)13)9(14)12-5/h7H,3-4H2,1-2H3,(H2,11,13)(H,12,14)/t7-/m0/s1. The zero-order chi connectivity index (χ0) is 12.3.